The van der Waals surface area contributed by atoms with E-state index in [4.69, 9.17) is 15.2 Å². The Morgan fingerprint density at radius 1 is 1.11 bits per heavy atom. The molecule has 0 amide bonds. The summed E-state index contributed by atoms with van der Waals surface area (Å²) in [5.74, 6) is 0.968. The molecule has 2 aromatic carbocycles. The fourth-order valence-corrected chi connectivity index (χ4v) is 2.91. The summed E-state index contributed by atoms with van der Waals surface area (Å²) < 4.78 is 16.1. The Balaban J connectivity index is 1.80. The molecule has 0 aliphatic rings. The average Bonchev–Trinajstić information content (AvgIpc) is 2.71. The first-order valence-corrected chi connectivity index (χ1v) is 8.58. The number of benzene rings is 2. The largest absolute Gasteiger partial charge is 0.496 e. The van der Waals surface area contributed by atoms with Crippen LogP contribution < -0.4 is 15.2 Å². The molecule has 0 saturated heterocycles. The van der Waals surface area contributed by atoms with Crippen molar-refractivity contribution in [3.05, 3.63) is 65.9 Å². The lowest BCUT2D eigenvalue weighted by molar-refractivity contribution is -0.142. The summed E-state index contributed by atoms with van der Waals surface area (Å²) in [6.07, 6.45) is 2.12. The molecule has 6 heteroatoms. The molecule has 27 heavy (non-hydrogen) atoms. The van der Waals surface area contributed by atoms with Crippen molar-refractivity contribution in [3.8, 4) is 11.5 Å². The SMILES string of the molecule is COC(=O)C(N)Cc1ccc(OC)c(COc2cccc3cccnc23)c1. The highest BCUT2D eigenvalue weighted by Gasteiger charge is 2.16. The number of carbonyl (C=O) groups is 1. The summed E-state index contributed by atoms with van der Waals surface area (Å²) in [6.45, 7) is 0.306. The fourth-order valence-electron chi connectivity index (χ4n) is 2.91. The number of esters is 1. The van der Waals surface area contributed by atoms with Crippen molar-refractivity contribution in [1.29, 1.82) is 0 Å². The maximum Gasteiger partial charge on any atom is 0.322 e. The van der Waals surface area contributed by atoms with Crippen LogP contribution in [0.25, 0.3) is 10.9 Å². The van der Waals surface area contributed by atoms with Gasteiger partial charge in [0.25, 0.3) is 0 Å². The number of rotatable bonds is 7. The van der Waals surface area contributed by atoms with Crippen LogP contribution in [0.15, 0.2) is 54.7 Å². The van der Waals surface area contributed by atoms with Crippen molar-refractivity contribution in [2.75, 3.05) is 14.2 Å². The monoisotopic (exact) mass is 366 g/mol. The van der Waals surface area contributed by atoms with Gasteiger partial charge in [-0.1, -0.05) is 24.3 Å². The van der Waals surface area contributed by atoms with E-state index in [9.17, 15) is 4.79 Å². The Kier molecular flexibility index (Phi) is 5.88. The van der Waals surface area contributed by atoms with Gasteiger partial charge in [-0.3, -0.25) is 9.78 Å². The molecule has 140 valence electrons. The van der Waals surface area contributed by atoms with Gasteiger partial charge in [-0.25, -0.2) is 0 Å². The second-order valence-electron chi connectivity index (χ2n) is 6.10. The van der Waals surface area contributed by atoms with Crippen LogP contribution >= 0.6 is 0 Å². The average molecular weight is 366 g/mol. The minimum Gasteiger partial charge on any atom is -0.496 e. The third-order valence-electron chi connectivity index (χ3n) is 4.28. The van der Waals surface area contributed by atoms with Crippen LogP contribution in [0.2, 0.25) is 0 Å². The van der Waals surface area contributed by atoms with Gasteiger partial charge in [0.2, 0.25) is 0 Å². The molecule has 0 radical (unpaired) electrons. The first kappa shape index (κ1) is 18.7. The van der Waals surface area contributed by atoms with E-state index >= 15 is 0 Å². The molecule has 1 aromatic heterocycles. The van der Waals surface area contributed by atoms with E-state index in [1.54, 1.807) is 13.3 Å². The number of hydrogen-bond acceptors (Lipinski definition) is 6. The standard InChI is InChI=1S/C21H22N2O4/c1-25-18-9-8-14(12-17(22)21(24)26-2)11-16(18)13-27-19-7-3-5-15-6-4-10-23-20(15)19/h3-11,17H,12-13,22H2,1-2H3. The van der Waals surface area contributed by atoms with Crippen LogP contribution in [-0.2, 0) is 22.6 Å². The number of nitrogens with zero attached hydrogens (tertiary/aromatic N) is 1. The summed E-state index contributed by atoms with van der Waals surface area (Å²) in [5, 5.41) is 1.01. The number of para-hydroxylation sites is 1. The quantitative estimate of drug-likeness (QED) is 0.648. The highest BCUT2D eigenvalue weighted by Crippen LogP contribution is 2.26. The summed E-state index contributed by atoms with van der Waals surface area (Å²) in [4.78, 5) is 16.0. The molecule has 1 atom stereocenters. The number of nitrogens with two attached hydrogens (primary N) is 1. The second kappa shape index (κ2) is 8.51. The van der Waals surface area contributed by atoms with Crippen molar-refractivity contribution < 1.29 is 19.0 Å². The molecule has 6 nitrogen and oxygen atoms in total. The van der Waals surface area contributed by atoms with E-state index in [2.05, 4.69) is 9.72 Å². The van der Waals surface area contributed by atoms with Crippen LogP contribution in [0, 0.1) is 0 Å². The van der Waals surface area contributed by atoms with Gasteiger partial charge in [-0.05, 0) is 36.2 Å². The number of ether oxygens (including phenoxy) is 3. The van der Waals surface area contributed by atoms with E-state index in [1.807, 2.05) is 48.5 Å². The smallest absolute Gasteiger partial charge is 0.322 e. The predicted octanol–water partition coefficient (Wildman–Crippen LogP) is 2.87. The van der Waals surface area contributed by atoms with Crippen molar-refractivity contribution in [3.63, 3.8) is 0 Å². The number of carbonyl (C=O) groups excluding carboxylic acids is 1. The molecule has 0 saturated carbocycles. The van der Waals surface area contributed by atoms with Crippen molar-refractivity contribution in [2.24, 2.45) is 5.73 Å². The molecule has 3 aromatic rings. The van der Waals surface area contributed by atoms with E-state index < -0.39 is 12.0 Å². The van der Waals surface area contributed by atoms with Gasteiger partial charge in [0.1, 0.15) is 29.7 Å². The normalized spacial score (nSPS) is 11.8. The highest BCUT2D eigenvalue weighted by atomic mass is 16.5. The number of pyridine rings is 1. The van der Waals surface area contributed by atoms with E-state index in [0.717, 1.165) is 22.0 Å². The molecule has 0 fully saturated rings. The molecule has 0 bridgehead atoms. The molecule has 0 spiro atoms. The lowest BCUT2D eigenvalue weighted by Crippen LogP contribution is -2.33. The van der Waals surface area contributed by atoms with Gasteiger partial charge < -0.3 is 19.9 Å². The minimum absolute atomic E-state index is 0.306. The molecule has 2 N–H and O–H groups in total. The van der Waals surface area contributed by atoms with E-state index in [-0.39, 0.29) is 0 Å². The zero-order valence-corrected chi connectivity index (χ0v) is 15.3. The van der Waals surface area contributed by atoms with Crippen molar-refractivity contribution >= 4 is 16.9 Å². The summed E-state index contributed by atoms with van der Waals surface area (Å²) >= 11 is 0. The second-order valence-corrected chi connectivity index (χ2v) is 6.10. The van der Waals surface area contributed by atoms with Crippen molar-refractivity contribution in [2.45, 2.75) is 19.1 Å². The first-order chi connectivity index (χ1) is 13.1. The minimum atomic E-state index is -0.709. The van der Waals surface area contributed by atoms with E-state index in [1.165, 1.54) is 7.11 Å². The van der Waals surface area contributed by atoms with Crippen LogP contribution in [-0.4, -0.2) is 31.2 Å². The zero-order chi connectivity index (χ0) is 19.2. The van der Waals surface area contributed by atoms with Crippen LogP contribution in [0.3, 0.4) is 0 Å². The molecular weight excluding hydrogens is 344 g/mol. The molecule has 1 unspecified atom stereocenters. The molecule has 3 rings (SSSR count). The predicted molar refractivity (Wildman–Crippen MR) is 103 cm³/mol. The van der Waals surface area contributed by atoms with Crippen LogP contribution in [0.4, 0.5) is 0 Å². The summed E-state index contributed by atoms with van der Waals surface area (Å²) in [5.41, 5.74) is 8.44. The van der Waals surface area contributed by atoms with Gasteiger partial charge in [-0.15, -0.1) is 0 Å². The van der Waals surface area contributed by atoms with Crippen LogP contribution in [0.5, 0.6) is 11.5 Å². The first-order valence-electron chi connectivity index (χ1n) is 8.58. The Morgan fingerprint density at radius 2 is 1.93 bits per heavy atom. The van der Waals surface area contributed by atoms with Gasteiger partial charge in [0.15, 0.2) is 0 Å². The zero-order valence-electron chi connectivity index (χ0n) is 15.3. The molecule has 1 heterocycles. The Labute approximate surface area is 157 Å². The van der Waals surface area contributed by atoms with Gasteiger partial charge in [0, 0.05) is 17.1 Å². The Bertz CT molecular complexity index is 937. The number of fused-ring (bicyclic) bond motifs is 1. The van der Waals surface area contributed by atoms with E-state index in [0.29, 0.717) is 24.5 Å². The maximum atomic E-state index is 11.6. The number of aromatic nitrogens is 1. The lowest BCUT2D eigenvalue weighted by Gasteiger charge is -2.14. The molecule has 0 aliphatic carbocycles. The highest BCUT2D eigenvalue weighted by molar-refractivity contribution is 5.84. The third kappa shape index (κ3) is 4.35. The number of hydrogen-bond donors (Lipinski definition) is 1. The lowest BCUT2D eigenvalue weighted by atomic mass is 10.0. The summed E-state index contributed by atoms with van der Waals surface area (Å²) in [7, 11) is 2.94. The third-order valence-corrected chi connectivity index (χ3v) is 4.28. The number of methoxy groups -OCH3 is 2. The Morgan fingerprint density at radius 3 is 2.70 bits per heavy atom. The molecular formula is C21H22N2O4. The fraction of sp³-hybridized carbons (Fsp3) is 0.238. The van der Waals surface area contributed by atoms with Crippen LogP contribution in [0.1, 0.15) is 11.1 Å². The Hall–Kier alpha value is -3.12. The van der Waals surface area contributed by atoms with Gasteiger partial charge >= 0.3 is 5.97 Å². The summed E-state index contributed by atoms with van der Waals surface area (Å²) in [6, 6.07) is 14.6. The topological polar surface area (TPSA) is 83.7 Å². The maximum absolute atomic E-state index is 11.6. The van der Waals surface area contributed by atoms with Gasteiger partial charge in [0.05, 0.1) is 14.2 Å². The van der Waals surface area contributed by atoms with Crippen molar-refractivity contribution in [1.82, 2.24) is 4.98 Å². The molecule has 0 aliphatic heterocycles. The van der Waals surface area contributed by atoms with Gasteiger partial charge in [-0.2, -0.15) is 0 Å².